The molecule has 22 heavy (non-hydrogen) atoms. The van der Waals surface area contributed by atoms with Gasteiger partial charge in [-0.25, -0.2) is 0 Å². The van der Waals surface area contributed by atoms with E-state index in [0.717, 1.165) is 38.6 Å². The van der Waals surface area contributed by atoms with E-state index in [1.807, 2.05) is 7.05 Å². The van der Waals surface area contributed by atoms with Crippen LogP contribution in [0.2, 0.25) is 0 Å². The number of rotatable bonds is 6. The van der Waals surface area contributed by atoms with Crippen LogP contribution in [-0.4, -0.2) is 44.1 Å². The van der Waals surface area contributed by atoms with Gasteiger partial charge in [-0.05, 0) is 29.9 Å². The zero-order valence-corrected chi connectivity index (χ0v) is 14.2. The van der Waals surface area contributed by atoms with Crippen LogP contribution in [0, 0.1) is 5.92 Å². The summed E-state index contributed by atoms with van der Waals surface area (Å²) in [5.74, 6) is 1.55. The number of aliphatic imine (C=N–C) groups is 1. The van der Waals surface area contributed by atoms with Crippen LogP contribution in [0.3, 0.4) is 0 Å². The van der Waals surface area contributed by atoms with E-state index in [0.29, 0.717) is 5.92 Å². The van der Waals surface area contributed by atoms with Crippen molar-refractivity contribution >= 4 is 5.96 Å². The lowest BCUT2D eigenvalue weighted by Crippen LogP contribution is -2.40. The highest BCUT2D eigenvalue weighted by Crippen LogP contribution is 2.18. The van der Waals surface area contributed by atoms with Crippen molar-refractivity contribution in [1.82, 2.24) is 15.5 Å². The Labute approximate surface area is 135 Å². The number of benzene rings is 1. The number of fused-ring (bicyclic) bond motifs is 1. The van der Waals surface area contributed by atoms with Gasteiger partial charge in [0.1, 0.15) is 0 Å². The Balaban J connectivity index is 1.65. The van der Waals surface area contributed by atoms with Crippen molar-refractivity contribution in [2.45, 2.75) is 33.2 Å². The quantitative estimate of drug-likeness (QED) is 0.481. The largest absolute Gasteiger partial charge is 0.356 e. The van der Waals surface area contributed by atoms with Crippen molar-refractivity contribution in [3.8, 4) is 0 Å². The molecule has 0 fully saturated rings. The van der Waals surface area contributed by atoms with Crippen LogP contribution in [0.25, 0.3) is 0 Å². The second kappa shape index (κ2) is 8.79. The summed E-state index contributed by atoms with van der Waals surface area (Å²) >= 11 is 0. The van der Waals surface area contributed by atoms with Crippen LogP contribution in [0.15, 0.2) is 29.3 Å². The average molecular weight is 302 g/mol. The summed E-state index contributed by atoms with van der Waals surface area (Å²) < 4.78 is 0. The summed E-state index contributed by atoms with van der Waals surface area (Å²) in [5.41, 5.74) is 3.02. The molecule has 0 aromatic heterocycles. The molecule has 0 spiro atoms. The van der Waals surface area contributed by atoms with Gasteiger partial charge >= 0.3 is 0 Å². The van der Waals surface area contributed by atoms with Gasteiger partial charge in [0.2, 0.25) is 0 Å². The van der Waals surface area contributed by atoms with Crippen LogP contribution >= 0.6 is 0 Å². The van der Waals surface area contributed by atoms with Gasteiger partial charge in [0, 0.05) is 39.8 Å². The smallest absolute Gasteiger partial charge is 0.190 e. The molecule has 1 aromatic rings. The molecule has 0 saturated heterocycles. The lowest BCUT2D eigenvalue weighted by Gasteiger charge is -2.28. The molecular formula is C18H30N4. The molecule has 2 rings (SSSR count). The number of guanidine groups is 1. The summed E-state index contributed by atoms with van der Waals surface area (Å²) in [6.45, 7) is 9.75. The predicted octanol–water partition coefficient (Wildman–Crippen LogP) is 2.26. The highest BCUT2D eigenvalue weighted by molar-refractivity contribution is 5.79. The van der Waals surface area contributed by atoms with E-state index >= 15 is 0 Å². The fraction of sp³-hybridized carbons (Fsp3) is 0.611. The SMILES string of the molecule is CN=C(NCCCN1CCc2ccccc2C1)NCC(C)C. The van der Waals surface area contributed by atoms with Gasteiger partial charge in [-0.2, -0.15) is 0 Å². The number of hydrogen-bond acceptors (Lipinski definition) is 2. The van der Waals surface area contributed by atoms with Gasteiger partial charge < -0.3 is 10.6 Å². The van der Waals surface area contributed by atoms with Crippen molar-refractivity contribution in [2.75, 3.05) is 33.2 Å². The van der Waals surface area contributed by atoms with Gasteiger partial charge in [-0.3, -0.25) is 9.89 Å². The molecule has 0 aliphatic carbocycles. The van der Waals surface area contributed by atoms with Crippen molar-refractivity contribution < 1.29 is 0 Å². The minimum Gasteiger partial charge on any atom is -0.356 e. The fourth-order valence-corrected chi connectivity index (χ4v) is 2.78. The number of nitrogens with zero attached hydrogens (tertiary/aromatic N) is 2. The van der Waals surface area contributed by atoms with Gasteiger partial charge in [0.15, 0.2) is 5.96 Å². The van der Waals surface area contributed by atoms with E-state index < -0.39 is 0 Å². The molecule has 1 heterocycles. The molecule has 1 aliphatic rings. The Bertz CT molecular complexity index is 482. The predicted molar refractivity (Wildman–Crippen MR) is 94.2 cm³/mol. The Morgan fingerprint density at radius 1 is 1.23 bits per heavy atom. The van der Waals surface area contributed by atoms with E-state index in [9.17, 15) is 0 Å². The molecule has 0 saturated carbocycles. The second-order valence-corrected chi connectivity index (χ2v) is 6.42. The first-order valence-electron chi connectivity index (χ1n) is 8.42. The van der Waals surface area contributed by atoms with Crippen molar-refractivity contribution in [2.24, 2.45) is 10.9 Å². The average Bonchev–Trinajstić information content (AvgIpc) is 2.54. The molecule has 0 amide bonds. The van der Waals surface area contributed by atoms with E-state index in [1.165, 1.54) is 24.1 Å². The van der Waals surface area contributed by atoms with Crippen molar-refractivity contribution in [1.29, 1.82) is 0 Å². The summed E-state index contributed by atoms with van der Waals surface area (Å²) in [5, 5.41) is 6.74. The monoisotopic (exact) mass is 302 g/mol. The van der Waals surface area contributed by atoms with Crippen LogP contribution < -0.4 is 10.6 Å². The summed E-state index contributed by atoms with van der Waals surface area (Å²) in [4.78, 5) is 6.80. The third kappa shape index (κ3) is 5.34. The Morgan fingerprint density at radius 3 is 2.73 bits per heavy atom. The Kier molecular flexibility index (Phi) is 6.72. The van der Waals surface area contributed by atoms with E-state index in [-0.39, 0.29) is 0 Å². The summed E-state index contributed by atoms with van der Waals surface area (Å²) in [6.07, 6.45) is 2.33. The number of hydrogen-bond donors (Lipinski definition) is 2. The minimum absolute atomic E-state index is 0.631. The van der Waals surface area contributed by atoms with E-state index in [2.05, 4.69) is 58.6 Å². The van der Waals surface area contributed by atoms with Crippen LogP contribution in [0.1, 0.15) is 31.4 Å². The lowest BCUT2D eigenvalue weighted by atomic mass is 10.00. The molecule has 2 N–H and O–H groups in total. The molecule has 0 unspecified atom stereocenters. The molecule has 0 atom stereocenters. The maximum Gasteiger partial charge on any atom is 0.190 e. The molecule has 0 bridgehead atoms. The molecule has 122 valence electrons. The second-order valence-electron chi connectivity index (χ2n) is 6.42. The van der Waals surface area contributed by atoms with Gasteiger partial charge in [0.05, 0.1) is 0 Å². The van der Waals surface area contributed by atoms with E-state index in [4.69, 9.17) is 0 Å². The van der Waals surface area contributed by atoms with Crippen LogP contribution in [0.4, 0.5) is 0 Å². The summed E-state index contributed by atoms with van der Waals surface area (Å²) in [6, 6.07) is 8.82. The topological polar surface area (TPSA) is 39.7 Å². The van der Waals surface area contributed by atoms with Crippen molar-refractivity contribution in [3.63, 3.8) is 0 Å². The summed E-state index contributed by atoms with van der Waals surface area (Å²) in [7, 11) is 1.83. The molecule has 1 aliphatic heterocycles. The highest BCUT2D eigenvalue weighted by Gasteiger charge is 2.14. The van der Waals surface area contributed by atoms with Gasteiger partial charge in [-0.1, -0.05) is 38.1 Å². The fourth-order valence-electron chi connectivity index (χ4n) is 2.78. The third-order valence-electron chi connectivity index (χ3n) is 4.05. The zero-order chi connectivity index (χ0) is 15.8. The molecular weight excluding hydrogens is 272 g/mol. The number of nitrogens with one attached hydrogen (secondary N) is 2. The van der Waals surface area contributed by atoms with Crippen LogP contribution in [-0.2, 0) is 13.0 Å². The third-order valence-corrected chi connectivity index (χ3v) is 4.05. The van der Waals surface area contributed by atoms with Crippen molar-refractivity contribution in [3.05, 3.63) is 35.4 Å². The first-order chi connectivity index (χ1) is 10.7. The lowest BCUT2D eigenvalue weighted by molar-refractivity contribution is 0.251. The standard InChI is InChI=1S/C18H30N4/c1-15(2)13-21-18(19-3)20-10-6-11-22-12-9-16-7-4-5-8-17(16)14-22/h4-5,7-8,15H,6,9-14H2,1-3H3,(H2,19,20,21). The van der Waals surface area contributed by atoms with E-state index in [1.54, 1.807) is 0 Å². The molecule has 1 aromatic carbocycles. The maximum absolute atomic E-state index is 4.25. The van der Waals surface area contributed by atoms with Gasteiger partial charge in [0.25, 0.3) is 0 Å². The van der Waals surface area contributed by atoms with Crippen LogP contribution in [0.5, 0.6) is 0 Å². The first kappa shape index (κ1) is 16.8. The Hall–Kier alpha value is -1.55. The van der Waals surface area contributed by atoms with Gasteiger partial charge in [-0.15, -0.1) is 0 Å². The normalized spacial score (nSPS) is 15.7. The molecule has 0 radical (unpaired) electrons. The molecule has 4 heteroatoms. The molecule has 4 nitrogen and oxygen atoms in total. The minimum atomic E-state index is 0.631. The Morgan fingerprint density at radius 2 is 2.00 bits per heavy atom. The zero-order valence-electron chi connectivity index (χ0n) is 14.2. The maximum atomic E-state index is 4.25. The first-order valence-corrected chi connectivity index (χ1v) is 8.42. The highest BCUT2D eigenvalue weighted by atomic mass is 15.2.